The van der Waals surface area contributed by atoms with Crippen molar-refractivity contribution >= 4 is 0 Å². The predicted octanol–water partition coefficient (Wildman–Crippen LogP) is 2.04. The molecule has 1 aromatic rings. The minimum absolute atomic E-state index is 0.0187. The molecule has 1 heterocycles. The minimum Gasteiger partial charge on any atom is -0.308 e. The van der Waals surface area contributed by atoms with Crippen LogP contribution in [0.5, 0.6) is 0 Å². The second-order valence-corrected chi connectivity index (χ2v) is 4.57. The van der Waals surface area contributed by atoms with Crippen molar-refractivity contribution in [1.82, 2.24) is 15.1 Å². The fraction of sp³-hybridized carbons (Fsp3) is 0.700. The van der Waals surface area contributed by atoms with Crippen LogP contribution in [0, 0.1) is 0 Å². The molecule has 0 atom stereocenters. The van der Waals surface area contributed by atoms with Gasteiger partial charge in [0.2, 0.25) is 0 Å². The number of hydrogen-bond donors (Lipinski definition) is 1. The van der Waals surface area contributed by atoms with Crippen molar-refractivity contribution in [3.63, 3.8) is 0 Å². The molecule has 0 aliphatic carbocycles. The second-order valence-electron chi connectivity index (χ2n) is 4.57. The summed E-state index contributed by atoms with van der Waals surface area (Å²) >= 11 is 0. The normalized spacial score (nSPS) is 12.4. The molecule has 86 valence electrons. The maximum absolute atomic E-state index is 12.0. The van der Waals surface area contributed by atoms with Gasteiger partial charge >= 0.3 is 0 Å². The Bertz CT molecular complexity index is 302. The number of aromatic nitrogens is 2. The zero-order chi connectivity index (χ0) is 11.5. The van der Waals surface area contributed by atoms with Crippen LogP contribution < -0.4 is 5.32 Å². The van der Waals surface area contributed by atoms with Crippen molar-refractivity contribution in [1.29, 1.82) is 0 Å². The van der Waals surface area contributed by atoms with Gasteiger partial charge in [-0.3, -0.25) is 4.68 Å². The molecular weight excluding hydrogens is 200 g/mol. The SMILES string of the molecule is CC(C)(C)NCc1cnn(CC(F)F)c1. The molecule has 0 saturated carbocycles. The van der Waals surface area contributed by atoms with E-state index in [1.165, 1.54) is 4.68 Å². The molecule has 0 bridgehead atoms. The van der Waals surface area contributed by atoms with E-state index in [-0.39, 0.29) is 12.1 Å². The molecule has 0 spiro atoms. The van der Waals surface area contributed by atoms with Gasteiger partial charge < -0.3 is 5.32 Å². The van der Waals surface area contributed by atoms with Gasteiger partial charge in [0.25, 0.3) is 6.43 Å². The first kappa shape index (κ1) is 12.1. The highest BCUT2D eigenvalue weighted by atomic mass is 19.3. The van der Waals surface area contributed by atoms with Crippen molar-refractivity contribution in [2.24, 2.45) is 0 Å². The van der Waals surface area contributed by atoms with E-state index in [0.717, 1.165) is 5.56 Å². The highest BCUT2D eigenvalue weighted by Crippen LogP contribution is 2.05. The summed E-state index contributed by atoms with van der Waals surface area (Å²) < 4.78 is 25.3. The zero-order valence-corrected chi connectivity index (χ0v) is 9.30. The van der Waals surface area contributed by atoms with Gasteiger partial charge in [-0.15, -0.1) is 0 Å². The molecule has 5 heteroatoms. The Balaban J connectivity index is 2.46. The van der Waals surface area contributed by atoms with Gasteiger partial charge in [0.15, 0.2) is 0 Å². The molecule has 1 rings (SSSR count). The van der Waals surface area contributed by atoms with Crippen molar-refractivity contribution in [3.8, 4) is 0 Å². The Hall–Kier alpha value is -0.970. The van der Waals surface area contributed by atoms with E-state index in [1.807, 2.05) is 0 Å². The van der Waals surface area contributed by atoms with Crippen LogP contribution in [0.4, 0.5) is 8.78 Å². The Labute approximate surface area is 88.5 Å². The van der Waals surface area contributed by atoms with E-state index >= 15 is 0 Å². The summed E-state index contributed by atoms with van der Waals surface area (Å²) in [5.74, 6) is 0. The Morgan fingerprint density at radius 1 is 1.47 bits per heavy atom. The van der Waals surface area contributed by atoms with Crippen LogP contribution in [0.1, 0.15) is 26.3 Å². The summed E-state index contributed by atoms with van der Waals surface area (Å²) in [5, 5.41) is 7.12. The van der Waals surface area contributed by atoms with Crippen LogP contribution in [0.25, 0.3) is 0 Å². The van der Waals surface area contributed by atoms with Gasteiger partial charge in [-0.05, 0) is 20.8 Å². The zero-order valence-electron chi connectivity index (χ0n) is 9.30. The molecule has 0 saturated heterocycles. The molecule has 0 unspecified atom stereocenters. The molecule has 1 N–H and O–H groups in total. The number of alkyl halides is 2. The van der Waals surface area contributed by atoms with Gasteiger partial charge in [-0.25, -0.2) is 8.78 Å². The topological polar surface area (TPSA) is 29.9 Å². The first-order valence-corrected chi connectivity index (χ1v) is 4.91. The van der Waals surface area contributed by atoms with E-state index in [0.29, 0.717) is 6.54 Å². The molecule has 0 aromatic carbocycles. The molecular formula is C10H17F2N3. The number of nitrogens with zero attached hydrogens (tertiary/aromatic N) is 2. The number of halogens is 2. The monoisotopic (exact) mass is 217 g/mol. The Morgan fingerprint density at radius 2 is 2.13 bits per heavy atom. The van der Waals surface area contributed by atoms with E-state index < -0.39 is 6.43 Å². The summed E-state index contributed by atoms with van der Waals surface area (Å²) in [6, 6.07) is 0. The van der Waals surface area contributed by atoms with Gasteiger partial charge in [0.05, 0.1) is 6.20 Å². The standard InChI is InChI=1S/C10H17F2N3/c1-10(2,3)13-4-8-5-14-15(6-8)7-9(11)12/h5-6,9,13H,4,7H2,1-3H3. The predicted molar refractivity (Wildman–Crippen MR) is 54.8 cm³/mol. The molecule has 0 aliphatic rings. The fourth-order valence-electron chi connectivity index (χ4n) is 1.11. The van der Waals surface area contributed by atoms with E-state index in [9.17, 15) is 8.78 Å². The largest absolute Gasteiger partial charge is 0.308 e. The van der Waals surface area contributed by atoms with Crippen LogP contribution in [0.3, 0.4) is 0 Å². The smallest absolute Gasteiger partial charge is 0.257 e. The van der Waals surface area contributed by atoms with E-state index in [1.54, 1.807) is 12.4 Å². The van der Waals surface area contributed by atoms with Crippen LogP contribution in [-0.4, -0.2) is 21.7 Å². The lowest BCUT2D eigenvalue weighted by Gasteiger charge is -2.19. The third kappa shape index (κ3) is 4.88. The highest BCUT2D eigenvalue weighted by molar-refractivity contribution is 5.03. The van der Waals surface area contributed by atoms with Crippen molar-refractivity contribution < 1.29 is 8.78 Å². The molecule has 0 amide bonds. The molecule has 0 aliphatic heterocycles. The maximum Gasteiger partial charge on any atom is 0.257 e. The fourth-order valence-corrected chi connectivity index (χ4v) is 1.11. The lowest BCUT2D eigenvalue weighted by molar-refractivity contribution is 0.122. The molecule has 0 radical (unpaired) electrons. The minimum atomic E-state index is -2.35. The maximum atomic E-state index is 12.0. The van der Waals surface area contributed by atoms with Crippen molar-refractivity contribution in [2.75, 3.05) is 0 Å². The van der Waals surface area contributed by atoms with Gasteiger partial charge in [-0.2, -0.15) is 5.10 Å². The number of nitrogens with one attached hydrogen (secondary N) is 1. The quantitative estimate of drug-likeness (QED) is 0.836. The molecule has 3 nitrogen and oxygen atoms in total. The molecule has 15 heavy (non-hydrogen) atoms. The third-order valence-electron chi connectivity index (χ3n) is 1.83. The first-order valence-electron chi connectivity index (χ1n) is 4.91. The van der Waals surface area contributed by atoms with E-state index in [4.69, 9.17) is 0 Å². The van der Waals surface area contributed by atoms with Crippen LogP contribution in [0.2, 0.25) is 0 Å². The van der Waals surface area contributed by atoms with Gasteiger partial charge in [-0.1, -0.05) is 0 Å². The molecule has 0 fully saturated rings. The van der Waals surface area contributed by atoms with Crippen LogP contribution in [-0.2, 0) is 13.1 Å². The summed E-state index contributed by atoms with van der Waals surface area (Å²) in [7, 11) is 0. The van der Waals surface area contributed by atoms with Crippen molar-refractivity contribution in [3.05, 3.63) is 18.0 Å². The van der Waals surface area contributed by atoms with Gasteiger partial charge in [0, 0.05) is 23.8 Å². The second kappa shape index (κ2) is 4.70. The summed E-state index contributed by atoms with van der Waals surface area (Å²) in [5.41, 5.74) is 0.940. The highest BCUT2D eigenvalue weighted by Gasteiger charge is 2.10. The Morgan fingerprint density at radius 3 is 2.67 bits per heavy atom. The molecule has 1 aromatic heterocycles. The number of hydrogen-bond acceptors (Lipinski definition) is 2. The summed E-state index contributed by atoms with van der Waals surface area (Å²) in [6.45, 7) is 6.46. The van der Waals surface area contributed by atoms with E-state index in [2.05, 4.69) is 31.2 Å². The Kier molecular flexibility index (Phi) is 3.79. The lowest BCUT2D eigenvalue weighted by atomic mass is 10.1. The van der Waals surface area contributed by atoms with Crippen LogP contribution in [0.15, 0.2) is 12.4 Å². The third-order valence-corrected chi connectivity index (χ3v) is 1.83. The van der Waals surface area contributed by atoms with Gasteiger partial charge in [0.1, 0.15) is 6.54 Å². The first-order chi connectivity index (χ1) is 6.87. The summed E-state index contributed by atoms with van der Waals surface area (Å²) in [4.78, 5) is 0. The number of rotatable bonds is 4. The average Bonchev–Trinajstić information content (AvgIpc) is 2.46. The summed E-state index contributed by atoms with van der Waals surface area (Å²) in [6.07, 6.45) is 0.903. The van der Waals surface area contributed by atoms with Crippen molar-refractivity contribution in [2.45, 2.75) is 45.8 Å². The average molecular weight is 217 g/mol. The lowest BCUT2D eigenvalue weighted by Crippen LogP contribution is -2.34. The van der Waals surface area contributed by atoms with Crippen LogP contribution >= 0.6 is 0 Å².